The third kappa shape index (κ3) is 3.68. The molecule has 19 heavy (non-hydrogen) atoms. The van der Waals surface area contributed by atoms with E-state index in [0.29, 0.717) is 10.6 Å². The molecule has 106 valence electrons. The van der Waals surface area contributed by atoms with Gasteiger partial charge in [-0.25, -0.2) is 0 Å². The molecule has 1 amide bonds. The molecule has 0 aromatic carbocycles. The van der Waals surface area contributed by atoms with Crippen LogP contribution >= 0.6 is 11.3 Å². The van der Waals surface area contributed by atoms with Crippen LogP contribution in [-0.4, -0.2) is 74.0 Å². The third-order valence-corrected chi connectivity index (χ3v) is 4.33. The van der Waals surface area contributed by atoms with Crippen molar-refractivity contribution in [2.45, 2.75) is 0 Å². The number of rotatable bonds is 4. The van der Waals surface area contributed by atoms with Crippen molar-refractivity contribution in [3.05, 3.63) is 16.3 Å². The van der Waals surface area contributed by atoms with Crippen molar-refractivity contribution >= 4 is 22.9 Å². The lowest BCUT2D eigenvalue weighted by molar-refractivity contribution is 0.0635. The van der Waals surface area contributed by atoms with Crippen LogP contribution in [0.5, 0.6) is 0 Å². The molecule has 0 spiro atoms. The monoisotopic (exact) mass is 282 g/mol. The maximum atomic E-state index is 12.3. The van der Waals surface area contributed by atoms with Crippen molar-refractivity contribution in [1.82, 2.24) is 14.7 Å². The van der Waals surface area contributed by atoms with Gasteiger partial charge in [-0.15, -0.1) is 11.3 Å². The van der Waals surface area contributed by atoms with Gasteiger partial charge in [0.15, 0.2) is 0 Å². The number of thiophene rings is 1. The summed E-state index contributed by atoms with van der Waals surface area (Å²) in [5, 5.41) is 1.87. The number of hydrogen-bond acceptors (Lipinski definition) is 5. The molecule has 5 nitrogen and oxygen atoms in total. The Hall–Kier alpha value is -1.11. The zero-order valence-electron chi connectivity index (χ0n) is 11.6. The summed E-state index contributed by atoms with van der Waals surface area (Å²) in [7, 11) is 4.17. The number of carbonyl (C=O) groups is 1. The summed E-state index contributed by atoms with van der Waals surface area (Å²) in [5.41, 5.74) is 6.41. The van der Waals surface area contributed by atoms with Gasteiger partial charge < -0.3 is 15.5 Å². The minimum absolute atomic E-state index is 0.0831. The van der Waals surface area contributed by atoms with Gasteiger partial charge in [-0.1, -0.05) is 0 Å². The van der Waals surface area contributed by atoms with Gasteiger partial charge in [-0.3, -0.25) is 9.69 Å². The van der Waals surface area contributed by atoms with E-state index in [0.717, 1.165) is 39.3 Å². The summed E-state index contributed by atoms with van der Waals surface area (Å²) >= 11 is 1.43. The van der Waals surface area contributed by atoms with Crippen molar-refractivity contribution in [3.63, 3.8) is 0 Å². The Morgan fingerprint density at radius 3 is 2.58 bits per heavy atom. The molecule has 0 atom stereocenters. The molecule has 1 aliphatic rings. The van der Waals surface area contributed by atoms with Crippen LogP contribution in [0.15, 0.2) is 11.4 Å². The fourth-order valence-electron chi connectivity index (χ4n) is 2.15. The maximum absolute atomic E-state index is 12.3. The molecule has 0 saturated carbocycles. The van der Waals surface area contributed by atoms with E-state index in [1.165, 1.54) is 11.3 Å². The number of piperazine rings is 1. The number of carbonyl (C=O) groups excluding carboxylic acids is 1. The summed E-state index contributed by atoms with van der Waals surface area (Å²) in [6, 6.07) is 1.80. The minimum Gasteiger partial charge on any atom is -0.397 e. The number of hydrogen-bond donors (Lipinski definition) is 1. The molecule has 0 bridgehead atoms. The number of anilines is 1. The first kappa shape index (κ1) is 14.3. The molecular formula is C13H22N4OS. The summed E-state index contributed by atoms with van der Waals surface area (Å²) in [6.07, 6.45) is 0. The normalized spacial score (nSPS) is 17.1. The molecular weight excluding hydrogens is 260 g/mol. The molecule has 6 heteroatoms. The molecule has 2 rings (SSSR count). The van der Waals surface area contributed by atoms with Gasteiger partial charge in [0, 0.05) is 39.3 Å². The predicted octanol–water partition coefficient (Wildman–Crippen LogP) is 0.650. The van der Waals surface area contributed by atoms with Crippen molar-refractivity contribution in [1.29, 1.82) is 0 Å². The largest absolute Gasteiger partial charge is 0.397 e. The van der Waals surface area contributed by atoms with Gasteiger partial charge >= 0.3 is 0 Å². The van der Waals surface area contributed by atoms with E-state index in [-0.39, 0.29) is 5.91 Å². The van der Waals surface area contributed by atoms with Crippen LogP contribution in [0, 0.1) is 0 Å². The highest BCUT2D eigenvalue weighted by Gasteiger charge is 2.23. The van der Waals surface area contributed by atoms with E-state index >= 15 is 0 Å². The predicted molar refractivity (Wildman–Crippen MR) is 79.6 cm³/mol. The van der Waals surface area contributed by atoms with E-state index < -0.39 is 0 Å². The summed E-state index contributed by atoms with van der Waals surface area (Å²) in [5.74, 6) is 0.0831. The molecule has 1 aromatic heterocycles. The van der Waals surface area contributed by atoms with Crippen LogP contribution in [0.4, 0.5) is 5.69 Å². The topological polar surface area (TPSA) is 52.8 Å². The first-order valence-corrected chi connectivity index (χ1v) is 7.45. The highest BCUT2D eigenvalue weighted by molar-refractivity contribution is 7.12. The Labute approximate surface area is 118 Å². The van der Waals surface area contributed by atoms with Crippen molar-refractivity contribution in [2.24, 2.45) is 0 Å². The van der Waals surface area contributed by atoms with Crippen LogP contribution in [-0.2, 0) is 0 Å². The molecule has 1 fully saturated rings. The lowest BCUT2D eigenvalue weighted by atomic mass is 10.2. The molecule has 0 unspecified atom stereocenters. The number of nitrogen functional groups attached to an aromatic ring is 1. The first-order valence-electron chi connectivity index (χ1n) is 6.57. The summed E-state index contributed by atoms with van der Waals surface area (Å²) in [4.78, 5) is 19.5. The molecule has 1 aromatic rings. The Balaban J connectivity index is 1.83. The second kappa shape index (κ2) is 6.36. The third-order valence-electron chi connectivity index (χ3n) is 3.41. The van der Waals surface area contributed by atoms with Crippen molar-refractivity contribution < 1.29 is 4.79 Å². The minimum atomic E-state index is 0.0831. The highest BCUT2D eigenvalue weighted by atomic mass is 32.1. The smallest absolute Gasteiger partial charge is 0.266 e. The number of nitrogens with two attached hydrogens (primary N) is 1. The average Bonchev–Trinajstić information content (AvgIpc) is 2.82. The van der Waals surface area contributed by atoms with Crippen LogP contribution in [0.1, 0.15) is 9.67 Å². The molecule has 0 radical (unpaired) electrons. The van der Waals surface area contributed by atoms with Crippen molar-refractivity contribution in [2.75, 3.05) is 59.1 Å². The van der Waals surface area contributed by atoms with Gasteiger partial charge in [0.1, 0.15) is 4.88 Å². The first-order chi connectivity index (χ1) is 9.08. The van der Waals surface area contributed by atoms with Gasteiger partial charge in [0.05, 0.1) is 5.69 Å². The van der Waals surface area contributed by atoms with E-state index in [1.54, 1.807) is 6.07 Å². The zero-order valence-corrected chi connectivity index (χ0v) is 12.4. The standard InChI is InChI=1S/C13H22N4OS/c1-15(2)4-5-16-6-8-17(9-7-16)13(18)12-11(14)3-10-19-12/h3,10H,4-9,14H2,1-2H3. The van der Waals surface area contributed by atoms with Gasteiger partial charge in [0.2, 0.25) is 0 Å². The lowest BCUT2D eigenvalue weighted by Crippen LogP contribution is -2.49. The van der Waals surface area contributed by atoms with Crippen LogP contribution in [0.3, 0.4) is 0 Å². The molecule has 1 aliphatic heterocycles. The number of likely N-dealkylation sites (N-methyl/N-ethyl adjacent to an activating group) is 1. The molecule has 0 aliphatic carbocycles. The van der Waals surface area contributed by atoms with Crippen LogP contribution in [0.25, 0.3) is 0 Å². The van der Waals surface area contributed by atoms with Crippen LogP contribution in [0.2, 0.25) is 0 Å². The second-order valence-corrected chi connectivity index (χ2v) is 6.06. The number of amides is 1. The Morgan fingerprint density at radius 1 is 1.37 bits per heavy atom. The number of nitrogens with zero attached hydrogens (tertiary/aromatic N) is 3. The highest BCUT2D eigenvalue weighted by Crippen LogP contribution is 2.21. The maximum Gasteiger partial charge on any atom is 0.266 e. The van der Waals surface area contributed by atoms with Crippen molar-refractivity contribution in [3.8, 4) is 0 Å². The fraction of sp³-hybridized carbons (Fsp3) is 0.615. The second-order valence-electron chi connectivity index (χ2n) is 5.14. The summed E-state index contributed by atoms with van der Waals surface area (Å²) in [6.45, 7) is 5.62. The van der Waals surface area contributed by atoms with E-state index in [4.69, 9.17) is 5.73 Å². The van der Waals surface area contributed by atoms with Gasteiger partial charge in [-0.2, -0.15) is 0 Å². The van der Waals surface area contributed by atoms with Gasteiger partial charge in [0.25, 0.3) is 5.91 Å². The Bertz CT molecular complexity index is 424. The molecule has 2 N–H and O–H groups in total. The Kier molecular flexibility index (Phi) is 4.79. The zero-order chi connectivity index (χ0) is 13.8. The quantitative estimate of drug-likeness (QED) is 0.881. The lowest BCUT2D eigenvalue weighted by Gasteiger charge is -2.35. The average molecular weight is 282 g/mol. The molecule has 2 heterocycles. The van der Waals surface area contributed by atoms with Gasteiger partial charge in [-0.05, 0) is 25.5 Å². The van der Waals surface area contributed by atoms with Crippen LogP contribution < -0.4 is 5.73 Å². The SMILES string of the molecule is CN(C)CCN1CCN(C(=O)c2sccc2N)CC1. The van der Waals surface area contributed by atoms with E-state index in [1.807, 2.05) is 10.3 Å². The van der Waals surface area contributed by atoms with E-state index in [2.05, 4.69) is 23.9 Å². The fourth-order valence-corrected chi connectivity index (χ4v) is 2.94. The summed E-state index contributed by atoms with van der Waals surface area (Å²) < 4.78 is 0. The van der Waals surface area contributed by atoms with E-state index in [9.17, 15) is 4.79 Å². The molecule has 1 saturated heterocycles. The Morgan fingerprint density at radius 2 is 2.05 bits per heavy atom.